The highest BCUT2D eigenvalue weighted by Gasteiger charge is 2.19. The molecule has 2 aromatic heterocycles. The Morgan fingerprint density at radius 3 is 2.84 bits per heavy atom. The van der Waals surface area contributed by atoms with Gasteiger partial charge in [-0.2, -0.15) is 5.10 Å². The van der Waals surface area contributed by atoms with Crippen LogP contribution < -0.4 is 11.3 Å². The zero-order valence-corrected chi connectivity index (χ0v) is 10.9. The van der Waals surface area contributed by atoms with E-state index in [0.29, 0.717) is 0 Å². The first kappa shape index (κ1) is 12.0. The molecule has 2 heterocycles. The summed E-state index contributed by atoms with van der Waals surface area (Å²) in [5, 5.41) is 5.44. The van der Waals surface area contributed by atoms with E-state index in [2.05, 4.69) is 10.5 Å². The number of furan rings is 1. The van der Waals surface area contributed by atoms with Crippen molar-refractivity contribution in [1.82, 2.24) is 15.2 Å². The van der Waals surface area contributed by atoms with E-state index in [-0.39, 0.29) is 6.04 Å². The fourth-order valence-electron chi connectivity index (χ4n) is 2.27. The number of para-hydroxylation sites is 1. The van der Waals surface area contributed by atoms with Gasteiger partial charge in [-0.25, -0.2) is 5.43 Å². The van der Waals surface area contributed by atoms with E-state index in [1.165, 1.54) is 0 Å². The molecule has 3 N–H and O–H groups in total. The maximum absolute atomic E-state index is 5.92. The van der Waals surface area contributed by atoms with E-state index in [0.717, 1.165) is 28.0 Å². The number of benzene rings is 1. The van der Waals surface area contributed by atoms with E-state index in [1.54, 1.807) is 4.68 Å². The number of fused-ring (bicyclic) bond motifs is 1. The molecule has 1 aromatic carbocycles. The van der Waals surface area contributed by atoms with Crippen molar-refractivity contribution in [2.75, 3.05) is 0 Å². The van der Waals surface area contributed by atoms with Crippen LogP contribution in [0.5, 0.6) is 0 Å². The maximum Gasteiger partial charge on any atom is 0.137 e. The van der Waals surface area contributed by atoms with Gasteiger partial charge in [0.1, 0.15) is 17.4 Å². The number of hydrogen-bond acceptors (Lipinski definition) is 4. The molecule has 0 amide bonds. The molecule has 3 rings (SSSR count). The van der Waals surface area contributed by atoms with Crippen molar-refractivity contribution in [1.29, 1.82) is 0 Å². The monoisotopic (exact) mass is 256 g/mol. The highest BCUT2D eigenvalue weighted by Crippen LogP contribution is 2.28. The summed E-state index contributed by atoms with van der Waals surface area (Å²) in [6, 6.07) is 9.75. The largest absolute Gasteiger partial charge is 0.459 e. The maximum atomic E-state index is 5.92. The zero-order chi connectivity index (χ0) is 13.4. The molecule has 0 saturated carbocycles. The Bertz CT molecular complexity index is 713. The summed E-state index contributed by atoms with van der Waals surface area (Å²) in [7, 11) is 1.87. The predicted molar refractivity (Wildman–Crippen MR) is 73.3 cm³/mol. The average molecular weight is 256 g/mol. The van der Waals surface area contributed by atoms with Crippen molar-refractivity contribution in [2.24, 2.45) is 12.9 Å². The third kappa shape index (κ3) is 2.03. The van der Waals surface area contributed by atoms with E-state index in [9.17, 15) is 0 Å². The molecular formula is C14H16N4O. The molecule has 1 unspecified atom stereocenters. The lowest BCUT2D eigenvalue weighted by Crippen LogP contribution is -2.28. The first-order chi connectivity index (χ1) is 9.19. The van der Waals surface area contributed by atoms with Gasteiger partial charge in [0.05, 0.1) is 5.69 Å². The van der Waals surface area contributed by atoms with Crippen molar-refractivity contribution < 1.29 is 4.42 Å². The van der Waals surface area contributed by atoms with Gasteiger partial charge in [0.25, 0.3) is 0 Å². The number of aromatic nitrogens is 2. The summed E-state index contributed by atoms with van der Waals surface area (Å²) in [6.07, 6.45) is 1.88. The van der Waals surface area contributed by atoms with Crippen LogP contribution in [0.1, 0.15) is 23.1 Å². The van der Waals surface area contributed by atoms with Gasteiger partial charge in [0, 0.05) is 18.6 Å². The number of nitrogens with two attached hydrogens (primary N) is 1. The van der Waals surface area contributed by atoms with Gasteiger partial charge in [0.2, 0.25) is 0 Å². The second-order valence-electron chi connectivity index (χ2n) is 4.66. The lowest BCUT2D eigenvalue weighted by molar-refractivity contribution is 0.467. The molecule has 98 valence electrons. The van der Waals surface area contributed by atoms with Gasteiger partial charge in [-0.05, 0) is 24.6 Å². The Hall–Kier alpha value is -2.11. The summed E-state index contributed by atoms with van der Waals surface area (Å²) >= 11 is 0. The number of hydrogen-bond donors (Lipinski definition) is 2. The van der Waals surface area contributed by atoms with Crippen molar-refractivity contribution >= 4 is 11.0 Å². The SMILES string of the molecule is Cc1cccc2cc(C(NN)c3ccn(C)n3)oc12. The van der Waals surface area contributed by atoms with Gasteiger partial charge in [0.15, 0.2) is 0 Å². The normalized spacial score (nSPS) is 13.0. The fourth-order valence-corrected chi connectivity index (χ4v) is 2.27. The summed E-state index contributed by atoms with van der Waals surface area (Å²) in [6.45, 7) is 2.03. The van der Waals surface area contributed by atoms with Gasteiger partial charge >= 0.3 is 0 Å². The lowest BCUT2D eigenvalue weighted by atomic mass is 10.1. The van der Waals surface area contributed by atoms with E-state index in [1.807, 2.05) is 50.5 Å². The van der Waals surface area contributed by atoms with Gasteiger partial charge in [-0.15, -0.1) is 0 Å². The number of nitrogens with one attached hydrogen (secondary N) is 1. The van der Waals surface area contributed by atoms with Crippen LogP contribution in [-0.2, 0) is 7.05 Å². The molecule has 5 nitrogen and oxygen atoms in total. The molecule has 0 aliphatic rings. The molecule has 0 spiro atoms. The summed E-state index contributed by atoms with van der Waals surface area (Å²) < 4.78 is 7.67. The molecule has 0 aliphatic heterocycles. The molecule has 19 heavy (non-hydrogen) atoms. The minimum absolute atomic E-state index is 0.243. The number of rotatable bonds is 3. The van der Waals surface area contributed by atoms with Crippen LogP contribution in [0, 0.1) is 6.92 Å². The minimum atomic E-state index is -0.243. The second-order valence-corrected chi connectivity index (χ2v) is 4.66. The summed E-state index contributed by atoms with van der Waals surface area (Å²) in [5.41, 5.74) is 5.60. The number of nitrogens with zero attached hydrogens (tertiary/aromatic N) is 2. The molecule has 5 heteroatoms. The van der Waals surface area contributed by atoms with E-state index in [4.69, 9.17) is 10.3 Å². The first-order valence-corrected chi connectivity index (χ1v) is 6.14. The molecule has 0 aliphatic carbocycles. The zero-order valence-electron chi connectivity index (χ0n) is 10.9. The van der Waals surface area contributed by atoms with Crippen molar-refractivity contribution in [3.05, 3.63) is 53.5 Å². The Morgan fingerprint density at radius 2 is 2.21 bits per heavy atom. The molecule has 0 radical (unpaired) electrons. The summed E-state index contributed by atoms with van der Waals surface area (Å²) in [5.74, 6) is 6.42. The Kier molecular flexibility index (Phi) is 2.85. The van der Waals surface area contributed by atoms with Crippen LogP contribution in [0.25, 0.3) is 11.0 Å². The standard InChI is InChI=1S/C14H16N4O/c1-9-4-3-5-10-8-12(19-14(9)10)13(16-15)11-6-7-18(2)17-11/h3-8,13,16H,15H2,1-2H3. The van der Waals surface area contributed by atoms with Crippen LogP contribution >= 0.6 is 0 Å². The first-order valence-electron chi connectivity index (χ1n) is 6.14. The summed E-state index contributed by atoms with van der Waals surface area (Å²) in [4.78, 5) is 0. The molecule has 0 bridgehead atoms. The van der Waals surface area contributed by atoms with Crippen molar-refractivity contribution in [2.45, 2.75) is 13.0 Å². The predicted octanol–water partition coefficient (Wildman–Crippen LogP) is 2.03. The van der Waals surface area contributed by atoms with Crippen LogP contribution in [0.3, 0.4) is 0 Å². The van der Waals surface area contributed by atoms with Gasteiger partial charge < -0.3 is 4.42 Å². The Labute approximate surface area is 111 Å². The highest BCUT2D eigenvalue weighted by molar-refractivity contribution is 5.81. The van der Waals surface area contributed by atoms with Gasteiger partial charge in [-0.3, -0.25) is 10.5 Å². The third-order valence-electron chi connectivity index (χ3n) is 3.24. The lowest BCUT2D eigenvalue weighted by Gasteiger charge is -2.09. The van der Waals surface area contributed by atoms with Crippen molar-refractivity contribution in [3.8, 4) is 0 Å². The third-order valence-corrected chi connectivity index (χ3v) is 3.24. The molecule has 0 fully saturated rings. The van der Waals surface area contributed by atoms with Crippen LogP contribution in [0.2, 0.25) is 0 Å². The van der Waals surface area contributed by atoms with Crippen LogP contribution in [0.4, 0.5) is 0 Å². The quantitative estimate of drug-likeness (QED) is 0.555. The Morgan fingerprint density at radius 1 is 1.37 bits per heavy atom. The Balaban J connectivity index is 2.09. The minimum Gasteiger partial charge on any atom is -0.459 e. The molecule has 1 atom stereocenters. The molecule has 0 saturated heterocycles. The average Bonchev–Trinajstić information content (AvgIpc) is 2.98. The number of hydrazine groups is 1. The second kappa shape index (κ2) is 4.53. The van der Waals surface area contributed by atoms with E-state index >= 15 is 0 Å². The highest BCUT2D eigenvalue weighted by atomic mass is 16.3. The van der Waals surface area contributed by atoms with E-state index < -0.39 is 0 Å². The smallest absolute Gasteiger partial charge is 0.137 e. The fraction of sp³-hybridized carbons (Fsp3) is 0.214. The van der Waals surface area contributed by atoms with Crippen LogP contribution in [-0.4, -0.2) is 9.78 Å². The van der Waals surface area contributed by atoms with Crippen molar-refractivity contribution in [3.63, 3.8) is 0 Å². The van der Waals surface area contributed by atoms with Crippen LogP contribution in [0.15, 0.2) is 40.9 Å². The number of aryl methyl sites for hydroxylation is 2. The topological polar surface area (TPSA) is 69.0 Å². The van der Waals surface area contributed by atoms with Gasteiger partial charge in [-0.1, -0.05) is 18.2 Å². The molecule has 3 aromatic rings. The molecular weight excluding hydrogens is 240 g/mol.